The number of aromatic nitrogens is 2. The highest BCUT2D eigenvalue weighted by atomic mass is 16.5. The van der Waals surface area contributed by atoms with Gasteiger partial charge < -0.3 is 20.1 Å². The number of rotatable bonds is 9. The number of ether oxygens (including phenoxy) is 2. The molecule has 7 heteroatoms. The van der Waals surface area contributed by atoms with Crippen LogP contribution in [-0.4, -0.2) is 49.5 Å². The maximum absolute atomic E-state index is 12.9. The van der Waals surface area contributed by atoms with Crippen molar-refractivity contribution in [2.75, 3.05) is 33.9 Å². The first kappa shape index (κ1) is 20.4. The largest absolute Gasteiger partial charge is 0.497 e. The maximum Gasteiger partial charge on any atom is 0.255 e. The van der Waals surface area contributed by atoms with Gasteiger partial charge in [0, 0.05) is 24.8 Å². The van der Waals surface area contributed by atoms with E-state index in [4.69, 9.17) is 14.6 Å². The van der Waals surface area contributed by atoms with Crippen LogP contribution in [0.15, 0.2) is 54.7 Å². The minimum Gasteiger partial charge on any atom is -0.497 e. The number of amides is 1. The minimum absolute atomic E-state index is 0.190. The van der Waals surface area contributed by atoms with E-state index in [1.807, 2.05) is 55.5 Å². The monoisotopic (exact) mass is 394 g/mol. The third-order valence-corrected chi connectivity index (χ3v) is 4.48. The molecule has 0 radical (unpaired) electrons. The Morgan fingerprint density at radius 3 is 2.55 bits per heavy atom. The molecule has 0 saturated heterocycles. The fourth-order valence-electron chi connectivity index (χ4n) is 2.99. The van der Waals surface area contributed by atoms with Gasteiger partial charge in [-0.1, -0.05) is 25.1 Å². The molecule has 0 aliphatic heterocycles. The van der Waals surface area contributed by atoms with Gasteiger partial charge in [0.15, 0.2) is 0 Å². The molecule has 7 nitrogen and oxygen atoms in total. The fourth-order valence-corrected chi connectivity index (χ4v) is 2.99. The van der Waals surface area contributed by atoms with Gasteiger partial charge in [0.25, 0.3) is 5.91 Å². The number of carbonyl (C=O) groups excluding carboxylic acids is 1. The molecule has 1 heterocycles. The zero-order valence-corrected chi connectivity index (χ0v) is 16.9. The van der Waals surface area contributed by atoms with Crippen molar-refractivity contribution < 1.29 is 14.3 Å². The Bertz CT molecular complexity index is 954. The molecule has 29 heavy (non-hydrogen) atoms. The van der Waals surface area contributed by atoms with Crippen LogP contribution in [0.5, 0.6) is 11.5 Å². The Hall–Kier alpha value is -3.32. The lowest BCUT2D eigenvalue weighted by molar-refractivity contribution is 0.0954. The highest BCUT2D eigenvalue weighted by Gasteiger charge is 2.21. The van der Waals surface area contributed by atoms with Gasteiger partial charge in [-0.15, -0.1) is 0 Å². The number of nitrogens with one attached hydrogen (secondary N) is 2. The molecule has 3 aromatic rings. The van der Waals surface area contributed by atoms with Crippen LogP contribution < -0.4 is 20.1 Å². The van der Waals surface area contributed by atoms with E-state index < -0.39 is 0 Å². The van der Waals surface area contributed by atoms with E-state index in [9.17, 15) is 4.79 Å². The highest BCUT2D eigenvalue weighted by Crippen LogP contribution is 2.35. The van der Waals surface area contributed by atoms with Crippen molar-refractivity contribution in [1.82, 2.24) is 20.4 Å². The first-order chi connectivity index (χ1) is 14.2. The second kappa shape index (κ2) is 9.75. The minimum atomic E-state index is -0.190. The second-order valence-electron chi connectivity index (χ2n) is 6.35. The number of hydrogen-bond acceptors (Lipinski definition) is 5. The summed E-state index contributed by atoms with van der Waals surface area (Å²) in [6, 6.07) is 15.1. The number of hydrogen-bond donors (Lipinski definition) is 2. The van der Waals surface area contributed by atoms with Crippen LogP contribution in [0.2, 0.25) is 0 Å². The Morgan fingerprint density at radius 2 is 1.86 bits per heavy atom. The molecule has 1 aromatic heterocycles. The maximum atomic E-state index is 12.9. The van der Waals surface area contributed by atoms with Crippen molar-refractivity contribution >= 4 is 5.91 Å². The fraction of sp³-hybridized carbons (Fsp3) is 0.273. The summed E-state index contributed by atoms with van der Waals surface area (Å²) in [6.45, 7) is 4.11. The normalized spacial score (nSPS) is 10.6. The summed E-state index contributed by atoms with van der Waals surface area (Å²) in [4.78, 5) is 12.9. The molecule has 2 N–H and O–H groups in total. The van der Waals surface area contributed by atoms with Gasteiger partial charge in [-0.25, -0.2) is 4.68 Å². The number of methoxy groups -OCH3 is 2. The first-order valence-electron chi connectivity index (χ1n) is 9.54. The van der Waals surface area contributed by atoms with Crippen molar-refractivity contribution in [3.05, 3.63) is 60.3 Å². The average Bonchev–Trinajstić information content (AvgIpc) is 3.22. The number of likely N-dealkylation sites (N-methyl/N-ethyl adjacent to an activating group) is 1. The third kappa shape index (κ3) is 4.75. The number of benzene rings is 2. The van der Waals surface area contributed by atoms with E-state index in [-0.39, 0.29) is 5.91 Å². The van der Waals surface area contributed by atoms with Crippen molar-refractivity contribution in [2.45, 2.75) is 6.92 Å². The standard InChI is InChI=1S/C22H26N4O3/c1-4-23-12-13-24-22(27)19-15-26(16-8-6-5-7-9-16)25-21(19)18-14-17(28-2)10-11-20(18)29-3/h5-11,14-15,23H,4,12-13H2,1-3H3,(H,24,27). The molecular formula is C22H26N4O3. The smallest absolute Gasteiger partial charge is 0.255 e. The molecule has 0 aliphatic carbocycles. The molecular weight excluding hydrogens is 368 g/mol. The lowest BCUT2D eigenvalue weighted by atomic mass is 10.1. The van der Waals surface area contributed by atoms with Gasteiger partial charge in [-0.3, -0.25) is 4.79 Å². The average molecular weight is 394 g/mol. The second-order valence-corrected chi connectivity index (χ2v) is 6.35. The highest BCUT2D eigenvalue weighted by molar-refractivity contribution is 6.00. The summed E-state index contributed by atoms with van der Waals surface area (Å²) in [5.74, 6) is 1.09. The van der Waals surface area contributed by atoms with E-state index in [0.29, 0.717) is 41.4 Å². The molecule has 1 amide bonds. The molecule has 0 aliphatic rings. The molecule has 0 fully saturated rings. The molecule has 0 saturated carbocycles. The zero-order valence-electron chi connectivity index (χ0n) is 16.9. The van der Waals surface area contributed by atoms with Crippen LogP contribution in [0.3, 0.4) is 0 Å². The lowest BCUT2D eigenvalue weighted by Crippen LogP contribution is -2.31. The topological polar surface area (TPSA) is 77.4 Å². The van der Waals surface area contributed by atoms with Crippen LogP contribution in [-0.2, 0) is 0 Å². The van der Waals surface area contributed by atoms with Crippen molar-refractivity contribution in [3.63, 3.8) is 0 Å². The Kier molecular flexibility index (Phi) is 6.86. The quantitative estimate of drug-likeness (QED) is 0.546. The van der Waals surface area contributed by atoms with Crippen LogP contribution in [0.1, 0.15) is 17.3 Å². The molecule has 0 bridgehead atoms. The van der Waals surface area contributed by atoms with Crippen molar-refractivity contribution in [3.8, 4) is 28.4 Å². The van der Waals surface area contributed by atoms with Gasteiger partial charge >= 0.3 is 0 Å². The first-order valence-corrected chi connectivity index (χ1v) is 9.54. The SMILES string of the molecule is CCNCCNC(=O)c1cn(-c2ccccc2)nc1-c1cc(OC)ccc1OC. The van der Waals surface area contributed by atoms with E-state index >= 15 is 0 Å². The summed E-state index contributed by atoms with van der Waals surface area (Å²) >= 11 is 0. The summed E-state index contributed by atoms with van der Waals surface area (Å²) < 4.78 is 12.6. The van der Waals surface area contributed by atoms with Crippen LogP contribution >= 0.6 is 0 Å². The number of carbonyl (C=O) groups is 1. The summed E-state index contributed by atoms with van der Waals surface area (Å²) in [6.07, 6.45) is 1.74. The van der Waals surface area contributed by atoms with E-state index in [0.717, 1.165) is 12.2 Å². The molecule has 152 valence electrons. The molecule has 0 atom stereocenters. The van der Waals surface area contributed by atoms with E-state index in [1.54, 1.807) is 25.1 Å². The van der Waals surface area contributed by atoms with Gasteiger partial charge in [0.1, 0.15) is 17.2 Å². The molecule has 0 unspecified atom stereocenters. The van der Waals surface area contributed by atoms with Gasteiger partial charge in [0.05, 0.1) is 25.5 Å². The van der Waals surface area contributed by atoms with E-state index in [2.05, 4.69) is 10.6 Å². The Balaban J connectivity index is 2.05. The molecule has 0 spiro atoms. The third-order valence-electron chi connectivity index (χ3n) is 4.48. The zero-order chi connectivity index (χ0) is 20.6. The van der Waals surface area contributed by atoms with Crippen LogP contribution in [0.25, 0.3) is 16.9 Å². The Labute approximate surface area is 170 Å². The van der Waals surface area contributed by atoms with Gasteiger partial charge in [0.2, 0.25) is 0 Å². The Morgan fingerprint density at radius 1 is 1.07 bits per heavy atom. The predicted molar refractivity (Wildman–Crippen MR) is 113 cm³/mol. The summed E-state index contributed by atoms with van der Waals surface area (Å²) in [5.41, 5.74) is 2.56. The lowest BCUT2D eigenvalue weighted by Gasteiger charge is -2.10. The van der Waals surface area contributed by atoms with Crippen molar-refractivity contribution in [1.29, 1.82) is 0 Å². The van der Waals surface area contributed by atoms with Crippen LogP contribution in [0.4, 0.5) is 0 Å². The van der Waals surface area contributed by atoms with Crippen LogP contribution in [0, 0.1) is 0 Å². The number of para-hydroxylation sites is 1. The number of nitrogens with zero attached hydrogens (tertiary/aromatic N) is 2. The van der Waals surface area contributed by atoms with Gasteiger partial charge in [-0.2, -0.15) is 5.10 Å². The molecule has 2 aromatic carbocycles. The predicted octanol–water partition coefficient (Wildman–Crippen LogP) is 2.90. The summed E-state index contributed by atoms with van der Waals surface area (Å²) in [5, 5.41) is 10.8. The van der Waals surface area contributed by atoms with Crippen molar-refractivity contribution in [2.24, 2.45) is 0 Å². The van der Waals surface area contributed by atoms with Gasteiger partial charge in [-0.05, 0) is 36.9 Å². The van der Waals surface area contributed by atoms with E-state index in [1.165, 1.54) is 0 Å². The molecule has 3 rings (SSSR count). The summed E-state index contributed by atoms with van der Waals surface area (Å²) in [7, 11) is 3.19.